The van der Waals surface area contributed by atoms with Crippen molar-refractivity contribution >= 4 is 12.0 Å². The molecule has 0 aliphatic carbocycles. The van der Waals surface area contributed by atoms with E-state index in [0.717, 1.165) is 22.4 Å². The number of hydrogen-bond acceptors (Lipinski definition) is 5. The molecule has 1 aromatic heterocycles. The summed E-state index contributed by atoms with van der Waals surface area (Å²) in [5, 5.41) is 12.0. The van der Waals surface area contributed by atoms with Crippen molar-refractivity contribution in [3.8, 4) is 17.6 Å². The average molecular weight is 416 g/mol. The first-order chi connectivity index (χ1) is 15.0. The van der Waals surface area contributed by atoms with Crippen LogP contribution in [0.25, 0.3) is 6.08 Å². The molecular weight excluding hydrogens is 392 g/mol. The number of hydrogen-bond donors (Lipinski definition) is 1. The SMILES string of the molecule is Cc1ccc(C)c(OCCOc2ccc(/C=C(\C#N)C(=O)NCc3ccco3)cc2)c1. The molecular formula is C25H24N2O4. The molecule has 0 saturated carbocycles. The van der Waals surface area contributed by atoms with Crippen LogP contribution < -0.4 is 14.8 Å². The summed E-state index contributed by atoms with van der Waals surface area (Å²) >= 11 is 0. The molecule has 3 aromatic rings. The number of ether oxygens (including phenoxy) is 2. The maximum Gasteiger partial charge on any atom is 0.262 e. The summed E-state index contributed by atoms with van der Waals surface area (Å²) in [4.78, 5) is 12.2. The second-order valence-electron chi connectivity index (χ2n) is 6.97. The zero-order valence-corrected chi connectivity index (χ0v) is 17.6. The van der Waals surface area contributed by atoms with Gasteiger partial charge in [-0.25, -0.2) is 0 Å². The lowest BCUT2D eigenvalue weighted by atomic mass is 10.1. The minimum absolute atomic E-state index is 0.0159. The third kappa shape index (κ3) is 6.51. The summed E-state index contributed by atoms with van der Waals surface area (Å²) in [6.45, 7) is 5.09. The fraction of sp³-hybridized carbons (Fsp3) is 0.200. The average Bonchev–Trinajstić information content (AvgIpc) is 3.30. The molecule has 0 fully saturated rings. The Bertz CT molecular complexity index is 1080. The highest BCUT2D eigenvalue weighted by molar-refractivity contribution is 6.01. The number of amides is 1. The van der Waals surface area contributed by atoms with Gasteiger partial charge in [-0.3, -0.25) is 4.79 Å². The van der Waals surface area contributed by atoms with Crippen LogP contribution in [-0.2, 0) is 11.3 Å². The largest absolute Gasteiger partial charge is 0.490 e. The van der Waals surface area contributed by atoms with E-state index in [2.05, 4.69) is 11.4 Å². The summed E-state index contributed by atoms with van der Waals surface area (Å²) in [5.74, 6) is 1.71. The summed E-state index contributed by atoms with van der Waals surface area (Å²) in [6.07, 6.45) is 3.06. The molecule has 0 aliphatic heterocycles. The number of carbonyl (C=O) groups excluding carboxylic acids is 1. The molecule has 1 N–H and O–H groups in total. The Morgan fingerprint density at radius 1 is 1.10 bits per heavy atom. The van der Waals surface area contributed by atoms with E-state index in [1.807, 2.05) is 32.0 Å². The summed E-state index contributed by atoms with van der Waals surface area (Å²) in [7, 11) is 0. The number of nitrogens with one attached hydrogen (secondary N) is 1. The van der Waals surface area contributed by atoms with Gasteiger partial charge in [-0.15, -0.1) is 0 Å². The predicted molar refractivity (Wildman–Crippen MR) is 117 cm³/mol. The molecule has 2 aromatic carbocycles. The van der Waals surface area contributed by atoms with Gasteiger partial charge in [0.1, 0.15) is 42.1 Å². The van der Waals surface area contributed by atoms with Crippen LogP contribution in [-0.4, -0.2) is 19.1 Å². The van der Waals surface area contributed by atoms with Crippen LogP contribution in [0.5, 0.6) is 11.5 Å². The van der Waals surface area contributed by atoms with Crippen molar-refractivity contribution in [3.63, 3.8) is 0 Å². The van der Waals surface area contributed by atoms with E-state index in [-0.39, 0.29) is 12.1 Å². The van der Waals surface area contributed by atoms with Gasteiger partial charge < -0.3 is 19.2 Å². The van der Waals surface area contributed by atoms with Crippen LogP contribution in [0, 0.1) is 25.2 Å². The lowest BCUT2D eigenvalue weighted by Gasteiger charge is -2.11. The van der Waals surface area contributed by atoms with Gasteiger partial charge in [0.15, 0.2) is 0 Å². The molecule has 0 bridgehead atoms. The Morgan fingerprint density at radius 2 is 1.87 bits per heavy atom. The smallest absolute Gasteiger partial charge is 0.262 e. The number of carbonyl (C=O) groups is 1. The van der Waals surface area contributed by atoms with Crippen LogP contribution in [0.1, 0.15) is 22.5 Å². The molecule has 1 heterocycles. The molecule has 0 spiro atoms. The lowest BCUT2D eigenvalue weighted by Crippen LogP contribution is -2.23. The fourth-order valence-electron chi connectivity index (χ4n) is 2.83. The van der Waals surface area contributed by atoms with Crippen LogP contribution in [0.15, 0.2) is 70.9 Å². The van der Waals surface area contributed by atoms with Crippen molar-refractivity contribution < 1.29 is 18.7 Å². The molecule has 0 aliphatic rings. The standard InChI is InChI=1S/C25H24N2O4/c1-18-5-6-19(2)24(14-18)31-13-12-30-22-9-7-20(8-10-22)15-21(16-26)25(28)27-17-23-4-3-11-29-23/h3-11,14-15H,12-13,17H2,1-2H3,(H,27,28)/b21-15+. The maximum absolute atomic E-state index is 12.2. The Hall–Kier alpha value is -3.98. The van der Waals surface area contributed by atoms with E-state index < -0.39 is 5.91 Å². The quantitative estimate of drug-likeness (QED) is 0.314. The van der Waals surface area contributed by atoms with Gasteiger partial charge in [0.2, 0.25) is 0 Å². The molecule has 6 heteroatoms. The number of aryl methyl sites for hydroxylation is 2. The first kappa shape index (κ1) is 21.7. The molecule has 0 unspecified atom stereocenters. The zero-order valence-electron chi connectivity index (χ0n) is 17.6. The first-order valence-electron chi connectivity index (χ1n) is 9.90. The highest BCUT2D eigenvalue weighted by Crippen LogP contribution is 2.19. The van der Waals surface area contributed by atoms with Crippen molar-refractivity contribution in [1.29, 1.82) is 5.26 Å². The third-order valence-electron chi connectivity index (χ3n) is 4.51. The molecule has 31 heavy (non-hydrogen) atoms. The second kappa shape index (κ2) is 10.7. The Morgan fingerprint density at radius 3 is 2.58 bits per heavy atom. The Labute approximate surface area is 181 Å². The van der Waals surface area contributed by atoms with Crippen molar-refractivity contribution in [3.05, 3.63) is 88.9 Å². The molecule has 6 nitrogen and oxygen atoms in total. The summed E-state index contributed by atoms with van der Waals surface area (Å²) in [6, 6.07) is 18.7. The minimum atomic E-state index is -0.456. The van der Waals surface area contributed by atoms with Crippen molar-refractivity contribution in [2.24, 2.45) is 0 Å². The predicted octanol–water partition coefficient (Wildman–Crippen LogP) is 4.58. The summed E-state index contributed by atoms with van der Waals surface area (Å²) in [5.41, 5.74) is 2.98. The molecule has 0 atom stereocenters. The number of nitrogens with zero attached hydrogens (tertiary/aromatic N) is 1. The number of benzene rings is 2. The first-order valence-corrected chi connectivity index (χ1v) is 9.90. The van der Waals surface area contributed by atoms with Gasteiger partial charge in [-0.05, 0) is 66.9 Å². The number of nitriles is 1. The van der Waals surface area contributed by atoms with E-state index in [0.29, 0.717) is 24.7 Å². The highest BCUT2D eigenvalue weighted by atomic mass is 16.5. The minimum Gasteiger partial charge on any atom is -0.490 e. The number of rotatable bonds is 9. The van der Waals surface area contributed by atoms with Gasteiger partial charge >= 0.3 is 0 Å². The monoisotopic (exact) mass is 416 g/mol. The van der Waals surface area contributed by atoms with E-state index in [1.165, 1.54) is 12.3 Å². The molecule has 0 saturated heterocycles. The summed E-state index contributed by atoms with van der Waals surface area (Å²) < 4.78 is 16.7. The van der Waals surface area contributed by atoms with Gasteiger partial charge in [0.05, 0.1) is 12.8 Å². The lowest BCUT2D eigenvalue weighted by molar-refractivity contribution is -0.117. The van der Waals surface area contributed by atoms with Crippen LogP contribution in [0.4, 0.5) is 0 Å². The van der Waals surface area contributed by atoms with Crippen LogP contribution in [0.2, 0.25) is 0 Å². The van der Waals surface area contributed by atoms with E-state index >= 15 is 0 Å². The zero-order chi connectivity index (χ0) is 22.1. The van der Waals surface area contributed by atoms with Gasteiger partial charge in [-0.1, -0.05) is 24.3 Å². The third-order valence-corrected chi connectivity index (χ3v) is 4.51. The van der Waals surface area contributed by atoms with Gasteiger partial charge in [0.25, 0.3) is 5.91 Å². The number of furan rings is 1. The van der Waals surface area contributed by atoms with Crippen molar-refractivity contribution in [2.45, 2.75) is 20.4 Å². The topological polar surface area (TPSA) is 84.5 Å². The molecule has 0 radical (unpaired) electrons. The van der Waals surface area contributed by atoms with Gasteiger partial charge in [0, 0.05) is 0 Å². The van der Waals surface area contributed by atoms with E-state index in [4.69, 9.17) is 13.9 Å². The van der Waals surface area contributed by atoms with Crippen LogP contribution >= 0.6 is 0 Å². The Balaban J connectivity index is 1.49. The van der Waals surface area contributed by atoms with Crippen molar-refractivity contribution in [1.82, 2.24) is 5.32 Å². The fourth-order valence-corrected chi connectivity index (χ4v) is 2.83. The van der Waals surface area contributed by atoms with E-state index in [1.54, 1.807) is 36.4 Å². The molecule has 3 rings (SSSR count). The van der Waals surface area contributed by atoms with Crippen molar-refractivity contribution in [2.75, 3.05) is 13.2 Å². The van der Waals surface area contributed by atoms with Crippen LogP contribution in [0.3, 0.4) is 0 Å². The highest BCUT2D eigenvalue weighted by Gasteiger charge is 2.09. The maximum atomic E-state index is 12.2. The normalized spacial score (nSPS) is 10.9. The molecule has 1 amide bonds. The van der Waals surface area contributed by atoms with Gasteiger partial charge in [-0.2, -0.15) is 5.26 Å². The second-order valence-corrected chi connectivity index (χ2v) is 6.97. The Kier molecular flexibility index (Phi) is 7.50. The molecule has 158 valence electrons. The van der Waals surface area contributed by atoms with E-state index in [9.17, 15) is 10.1 Å².